The molecular formula is C16H16N4O2. The van der Waals surface area contributed by atoms with Gasteiger partial charge in [0.05, 0.1) is 12.7 Å². The van der Waals surface area contributed by atoms with Crippen molar-refractivity contribution in [2.75, 3.05) is 12.4 Å². The fourth-order valence-corrected chi connectivity index (χ4v) is 1.98. The Bertz CT molecular complexity index is 736. The van der Waals surface area contributed by atoms with Crippen LogP contribution in [-0.2, 0) is 6.54 Å². The van der Waals surface area contributed by atoms with Gasteiger partial charge in [-0.05, 0) is 36.8 Å². The molecule has 0 spiro atoms. The monoisotopic (exact) mass is 296 g/mol. The Morgan fingerprint density at radius 3 is 2.55 bits per heavy atom. The van der Waals surface area contributed by atoms with Crippen LogP contribution >= 0.6 is 0 Å². The number of rotatable bonds is 5. The molecule has 2 aromatic heterocycles. The molecule has 2 heterocycles. The predicted octanol–water partition coefficient (Wildman–Crippen LogP) is 3.06. The van der Waals surface area contributed by atoms with Gasteiger partial charge in [0.2, 0.25) is 0 Å². The summed E-state index contributed by atoms with van der Waals surface area (Å²) < 4.78 is 10.2. The predicted molar refractivity (Wildman–Crippen MR) is 82.6 cm³/mol. The Labute approximate surface area is 128 Å². The summed E-state index contributed by atoms with van der Waals surface area (Å²) in [5, 5.41) is 7.03. The number of anilines is 1. The number of nitrogens with zero attached hydrogens (tertiary/aromatic N) is 3. The van der Waals surface area contributed by atoms with Crippen molar-refractivity contribution in [2.45, 2.75) is 13.5 Å². The van der Waals surface area contributed by atoms with Crippen LogP contribution in [0.5, 0.6) is 5.75 Å². The van der Waals surface area contributed by atoms with E-state index in [9.17, 15) is 0 Å². The first-order valence-corrected chi connectivity index (χ1v) is 6.88. The van der Waals surface area contributed by atoms with Crippen molar-refractivity contribution in [1.29, 1.82) is 0 Å². The van der Waals surface area contributed by atoms with Gasteiger partial charge in [0.25, 0.3) is 5.89 Å². The summed E-state index contributed by atoms with van der Waals surface area (Å²) in [6, 6.07) is 11.7. The van der Waals surface area contributed by atoms with Gasteiger partial charge in [0.15, 0.2) is 5.82 Å². The average Bonchev–Trinajstić information content (AvgIpc) is 3.00. The van der Waals surface area contributed by atoms with Crippen molar-refractivity contribution in [1.82, 2.24) is 15.1 Å². The van der Waals surface area contributed by atoms with Crippen molar-refractivity contribution in [3.05, 3.63) is 54.0 Å². The van der Waals surface area contributed by atoms with Gasteiger partial charge < -0.3 is 14.6 Å². The third-order valence-corrected chi connectivity index (χ3v) is 3.17. The number of benzene rings is 1. The standard InChI is InChI=1S/C16H16N4O2/c1-11-19-16(22-20-11)13-5-8-15(18-10-13)17-9-12-3-6-14(21-2)7-4-12/h3-8,10H,9H2,1-2H3,(H,17,18). The summed E-state index contributed by atoms with van der Waals surface area (Å²) in [6.07, 6.45) is 1.71. The van der Waals surface area contributed by atoms with E-state index >= 15 is 0 Å². The number of pyridine rings is 1. The van der Waals surface area contributed by atoms with Crippen LogP contribution in [0.2, 0.25) is 0 Å². The fourth-order valence-electron chi connectivity index (χ4n) is 1.98. The second kappa shape index (κ2) is 6.26. The molecule has 0 aliphatic rings. The summed E-state index contributed by atoms with van der Waals surface area (Å²) in [5.41, 5.74) is 1.95. The van der Waals surface area contributed by atoms with Crippen molar-refractivity contribution in [3.63, 3.8) is 0 Å². The van der Waals surface area contributed by atoms with E-state index in [0.717, 1.165) is 22.7 Å². The first kappa shape index (κ1) is 14.1. The summed E-state index contributed by atoms with van der Waals surface area (Å²) in [6.45, 7) is 2.47. The van der Waals surface area contributed by atoms with Gasteiger partial charge in [-0.2, -0.15) is 4.98 Å². The number of hydrogen-bond donors (Lipinski definition) is 1. The molecule has 0 aliphatic heterocycles. The topological polar surface area (TPSA) is 73.1 Å². The minimum atomic E-state index is 0.478. The smallest absolute Gasteiger partial charge is 0.259 e. The van der Waals surface area contributed by atoms with E-state index in [0.29, 0.717) is 18.3 Å². The Balaban J connectivity index is 1.63. The highest BCUT2D eigenvalue weighted by molar-refractivity contribution is 5.54. The number of hydrogen-bond acceptors (Lipinski definition) is 6. The highest BCUT2D eigenvalue weighted by Crippen LogP contribution is 2.18. The molecule has 6 nitrogen and oxygen atoms in total. The highest BCUT2D eigenvalue weighted by Gasteiger charge is 2.06. The largest absolute Gasteiger partial charge is 0.497 e. The van der Waals surface area contributed by atoms with Gasteiger partial charge in [-0.3, -0.25) is 0 Å². The maximum atomic E-state index is 5.14. The molecule has 112 valence electrons. The Morgan fingerprint density at radius 1 is 1.14 bits per heavy atom. The maximum absolute atomic E-state index is 5.14. The lowest BCUT2D eigenvalue weighted by Crippen LogP contribution is -2.01. The van der Waals surface area contributed by atoms with Gasteiger partial charge >= 0.3 is 0 Å². The quantitative estimate of drug-likeness (QED) is 0.780. The van der Waals surface area contributed by atoms with Crippen LogP contribution in [0.25, 0.3) is 11.5 Å². The Morgan fingerprint density at radius 2 is 1.95 bits per heavy atom. The number of aromatic nitrogens is 3. The molecule has 0 radical (unpaired) electrons. The molecule has 0 unspecified atom stereocenters. The van der Waals surface area contributed by atoms with Crippen molar-refractivity contribution in [3.8, 4) is 17.2 Å². The molecular weight excluding hydrogens is 280 g/mol. The van der Waals surface area contributed by atoms with Gasteiger partial charge in [-0.15, -0.1) is 0 Å². The van der Waals surface area contributed by atoms with E-state index in [1.165, 1.54) is 0 Å². The molecule has 1 aromatic carbocycles. The first-order valence-electron chi connectivity index (χ1n) is 6.88. The lowest BCUT2D eigenvalue weighted by atomic mass is 10.2. The highest BCUT2D eigenvalue weighted by atomic mass is 16.5. The maximum Gasteiger partial charge on any atom is 0.259 e. The van der Waals surface area contributed by atoms with Crippen LogP contribution in [0.4, 0.5) is 5.82 Å². The minimum absolute atomic E-state index is 0.478. The SMILES string of the molecule is COc1ccc(CNc2ccc(-c3nc(C)no3)cn2)cc1. The summed E-state index contributed by atoms with van der Waals surface area (Å²) in [4.78, 5) is 8.52. The molecule has 0 bridgehead atoms. The molecule has 0 amide bonds. The normalized spacial score (nSPS) is 10.5. The Kier molecular flexibility index (Phi) is 4.00. The zero-order valence-electron chi connectivity index (χ0n) is 12.4. The lowest BCUT2D eigenvalue weighted by molar-refractivity contribution is 0.414. The van der Waals surface area contributed by atoms with Gasteiger partial charge in [-0.25, -0.2) is 4.98 Å². The molecule has 1 N–H and O–H groups in total. The minimum Gasteiger partial charge on any atom is -0.497 e. The van der Waals surface area contributed by atoms with Crippen molar-refractivity contribution < 1.29 is 9.26 Å². The van der Waals surface area contributed by atoms with Gasteiger partial charge in [-0.1, -0.05) is 17.3 Å². The van der Waals surface area contributed by atoms with E-state index in [-0.39, 0.29) is 0 Å². The second-order valence-corrected chi connectivity index (χ2v) is 4.78. The first-order chi connectivity index (χ1) is 10.7. The number of ether oxygens (including phenoxy) is 1. The van der Waals surface area contributed by atoms with E-state index in [4.69, 9.17) is 9.26 Å². The van der Waals surface area contributed by atoms with E-state index in [1.807, 2.05) is 36.4 Å². The number of aryl methyl sites for hydroxylation is 1. The van der Waals surface area contributed by atoms with Gasteiger partial charge in [0, 0.05) is 12.7 Å². The fraction of sp³-hybridized carbons (Fsp3) is 0.188. The third-order valence-electron chi connectivity index (χ3n) is 3.17. The molecule has 3 rings (SSSR count). The molecule has 0 saturated heterocycles. The Hall–Kier alpha value is -2.89. The van der Waals surface area contributed by atoms with E-state index in [2.05, 4.69) is 20.4 Å². The molecule has 6 heteroatoms. The van der Waals surface area contributed by atoms with Crippen molar-refractivity contribution in [2.24, 2.45) is 0 Å². The van der Waals surface area contributed by atoms with Crippen LogP contribution in [-0.4, -0.2) is 22.2 Å². The molecule has 0 aliphatic carbocycles. The second-order valence-electron chi connectivity index (χ2n) is 4.78. The third kappa shape index (κ3) is 3.22. The van der Waals surface area contributed by atoms with Crippen LogP contribution in [0.15, 0.2) is 47.1 Å². The zero-order chi connectivity index (χ0) is 15.4. The van der Waals surface area contributed by atoms with E-state index < -0.39 is 0 Å². The zero-order valence-corrected chi connectivity index (χ0v) is 12.4. The average molecular weight is 296 g/mol. The van der Waals surface area contributed by atoms with E-state index in [1.54, 1.807) is 20.2 Å². The molecule has 0 saturated carbocycles. The number of nitrogens with one attached hydrogen (secondary N) is 1. The summed E-state index contributed by atoms with van der Waals surface area (Å²) in [7, 11) is 1.66. The summed E-state index contributed by atoms with van der Waals surface area (Å²) >= 11 is 0. The van der Waals surface area contributed by atoms with Crippen molar-refractivity contribution >= 4 is 5.82 Å². The summed E-state index contributed by atoms with van der Waals surface area (Å²) in [5.74, 6) is 2.72. The molecule has 3 aromatic rings. The molecule has 0 atom stereocenters. The number of methoxy groups -OCH3 is 1. The van der Waals surface area contributed by atoms with Crippen LogP contribution < -0.4 is 10.1 Å². The van der Waals surface area contributed by atoms with Crippen LogP contribution in [0.3, 0.4) is 0 Å². The lowest BCUT2D eigenvalue weighted by Gasteiger charge is -2.06. The molecule has 0 fully saturated rings. The molecule has 22 heavy (non-hydrogen) atoms. The van der Waals surface area contributed by atoms with Crippen LogP contribution in [0, 0.1) is 6.92 Å². The van der Waals surface area contributed by atoms with Gasteiger partial charge in [0.1, 0.15) is 11.6 Å². The van der Waals surface area contributed by atoms with Crippen LogP contribution in [0.1, 0.15) is 11.4 Å².